The first kappa shape index (κ1) is 21.7. The van der Waals surface area contributed by atoms with E-state index in [2.05, 4.69) is 10.4 Å². The Morgan fingerprint density at radius 1 is 1.29 bits per heavy atom. The molecule has 2 amide bonds. The monoisotopic (exact) mass is 474 g/mol. The van der Waals surface area contributed by atoms with Gasteiger partial charge >= 0.3 is 0 Å². The number of carbonyl (C=O) groups is 2. The van der Waals surface area contributed by atoms with Crippen LogP contribution in [0.3, 0.4) is 0 Å². The molecule has 2 bridgehead atoms. The summed E-state index contributed by atoms with van der Waals surface area (Å²) in [7, 11) is 1.59. The van der Waals surface area contributed by atoms with Crippen LogP contribution in [0.5, 0.6) is 11.5 Å². The molecule has 180 valence electrons. The Kier molecular flexibility index (Phi) is 4.69. The standard InChI is InChI=1S/C26H26N4O5/c1-14-19(25(33)29-11-16-9-26(29,10-16)13-31)12-30-23(14)20(6-7-28-30)35-17-4-5-18-21(8-17)34-15(2)22(18)24(32)27-3/h4-8,12,16,31H,9-11,13H2,1-3H3,(H,27,32). The van der Waals surface area contributed by atoms with Crippen LogP contribution in [-0.2, 0) is 0 Å². The molecule has 9 nitrogen and oxygen atoms in total. The minimum atomic E-state index is -0.417. The molecule has 35 heavy (non-hydrogen) atoms. The summed E-state index contributed by atoms with van der Waals surface area (Å²) < 4.78 is 13.7. The van der Waals surface area contributed by atoms with E-state index in [9.17, 15) is 14.7 Å². The molecular weight excluding hydrogens is 448 g/mol. The lowest BCUT2D eigenvalue weighted by Gasteiger charge is -2.40. The lowest BCUT2D eigenvalue weighted by atomic mass is 9.74. The number of aromatic nitrogens is 2. The molecule has 0 atom stereocenters. The third-order valence-corrected chi connectivity index (χ3v) is 7.53. The average Bonchev–Trinajstić information content (AvgIpc) is 3.56. The number of aryl methyl sites for hydroxylation is 2. The Morgan fingerprint density at radius 2 is 2.09 bits per heavy atom. The number of nitrogens with zero attached hydrogens (tertiary/aromatic N) is 3. The minimum Gasteiger partial charge on any atom is -0.460 e. The fraction of sp³-hybridized carbons (Fsp3) is 0.346. The second kappa shape index (κ2) is 7.58. The van der Waals surface area contributed by atoms with E-state index < -0.39 is 5.54 Å². The molecule has 0 unspecified atom stereocenters. The van der Waals surface area contributed by atoms with Gasteiger partial charge in [0.25, 0.3) is 11.8 Å². The van der Waals surface area contributed by atoms with Crippen LogP contribution in [0.4, 0.5) is 0 Å². The Hall–Kier alpha value is -3.85. The van der Waals surface area contributed by atoms with Gasteiger partial charge in [-0.3, -0.25) is 9.59 Å². The minimum absolute atomic E-state index is 0.00929. The topological polar surface area (TPSA) is 109 Å². The van der Waals surface area contributed by atoms with Crippen LogP contribution in [0.1, 0.15) is 44.9 Å². The summed E-state index contributed by atoms with van der Waals surface area (Å²) in [4.78, 5) is 27.5. The van der Waals surface area contributed by atoms with Gasteiger partial charge in [0.05, 0.1) is 29.5 Å². The van der Waals surface area contributed by atoms with Gasteiger partial charge in [-0.1, -0.05) is 0 Å². The zero-order valence-corrected chi connectivity index (χ0v) is 19.8. The van der Waals surface area contributed by atoms with Crippen molar-refractivity contribution in [1.29, 1.82) is 0 Å². The lowest BCUT2D eigenvalue weighted by molar-refractivity contribution is 0.0297. The molecule has 3 fully saturated rings. The van der Waals surface area contributed by atoms with Gasteiger partial charge in [-0.05, 0) is 50.3 Å². The molecule has 1 aromatic carbocycles. The molecule has 5 heterocycles. The van der Waals surface area contributed by atoms with Crippen molar-refractivity contribution < 1.29 is 23.8 Å². The highest BCUT2D eigenvalue weighted by atomic mass is 16.5. The molecule has 3 aliphatic rings. The maximum Gasteiger partial charge on any atom is 0.256 e. The number of furan rings is 1. The molecule has 9 heteroatoms. The fourth-order valence-electron chi connectivity index (χ4n) is 5.79. The number of amides is 2. The Labute approximate surface area is 201 Å². The van der Waals surface area contributed by atoms with Gasteiger partial charge in [0, 0.05) is 37.3 Å². The summed E-state index contributed by atoms with van der Waals surface area (Å²) in [5, 5.41) is 17.7. The predicted octanol–water partition coefficient (Wildman–Crippen LogP) is 3.45. The van der Waals surface area contributed by atoms with Crippen molar-refractivity contribution in [2.24, 2.45) is 5.92 Å². The van der Waals surface area contributed by atoms with Gasteiger partial charge in [0.15, 0.2) is 5.75 Å². The summed E-state index contributed by atoms with van der Waals surface area (Å²) in [5.74, 6) is 1.81. The Bertz CT molecular complexity index is 1510. The van der Waals surface area contributed by atoms with Crippen LogP contribution in [0.15, 0.2) is 41.1 Å². The van der Waals surface area contributed by atoms with E-state index in [-0.39, 0.29) is 18.4 Å². The highest BCUT2D eigenvalue weighted by Gasteiger charge is 2.57. The summed E-state index contributed by atoms with van der Waals surface area (Å²) >= 11 is 0. The number of fused-ring (bicyclic) bond motifs is 3. The quantitative estimate of drug-likeness (QED) is 0.459. The molecule has 3 aromatic heterocycles. The van der Waals surface area contributed by atoms with Gasteiger partial charge in [-0.25, -0.2) is 4.52 Å². The Balaban J connectivity index is 1.36. The molecule has 4 aromatic rings. The number of carbonyl (C=O) groups excluding carboxylic acids is 2. The van der Waals surface area contributed by atoms with Crippen LogP contribution < -0.4 is 10.1 Å². The second-order valence-electron chi connectivity index (χ2n) is 9.60. The second-order valence-corrected chi connectivity index (χ2v) is 9.60. The normalized spacial score (nSPS) is 20.9. The first-order valence-electron chi connectivity index (χ1n) is 11.7. The molecule has 0 spiro atoms. The van der Waals surface area contributed by atoms with Crippen LogP contribution >= 0.6 is 0 Å². The highest BCUT2D eigenvalue weighted by Crippen LogP contribution is 2.51. The van der Waals surface area contributed by atoms with E-state index >= 15 is 0 Å². The summed E-state index contributed by atoms with van der Waals surface area (Å²) in [6.45, 7) is 4.32. The molecule has 2 saturated heterocycles. The van der Waals surface area contributed by atoms with Crippen LogP contribution in [-0.4, -0.2) is 57.2 Å². The molecule has 7 rings (SSSR count). The van der Waals surface area contributed by atoms with Gasteiger partial charge in [0.1, 0.15) is 22.6 Å². The van der Waals surface area contributed by atoms with E-state index in [1.54, 1.807) is 55.1 Å². The zero-order valence-electron chi connectivity index (χ0n) is 19.8. The highest BCUT2D eigenvalue weighted by molar-refractivity contribution is 6.07. The van der Waals surface area contributed by atoms with Gasteiger partial charge in [-0.2, -0.15) is 5.10 Å². The molecule has 0 radical (unpaired) electrons. The largest absolute Gasteiger partial charge is 0.460 e. The van der Waals surface area contributed by atoms with Crippen molar-refractivity contribution in [1.82, 2.24) is 19.8 Å². The smallest absolute Gasteiger partial charge is 0.256 e. The number of rotatable bonds is 5. The molecular formula is C26H26N4O5. The summed E-state index contributed by atoms with van der Waals surface area (Å²) in [5.41, 5.74) is 2.66. The molecule has 2 N–H and O–H groups in total. The third kappa shape index (κ3) is 3.07. The third-order valence-electron chi connectivity index (χ3n) is 7.53. The summed E-state index contributed by atoms with van der Waals surface area (Å²) in [6, 6.07) is 7.09. The van der Waals surface area contributed by atoms with E-state index in [0.29, 0.717) is 57.3 Å². The van der Waals surface area contributed by atoms with E-state index in [4.69, 9.17) is 9.15 Å². The average molecular weight is 475 g/mol. The number of nitrogens with one attached hydrogen (secondary N) is 1. The number of ether oxygens (including phenoxy) is 1. The van der Waals surface area contributed by atoms with Gasteiger partial charge < -0.3 is 24.5 Å². The fourth-order valence-corrected chi connectivity index (χ4v) is 5.79. The van der Waals surface area contributed by atoms with Crippen molar-refractivity contribution in [2.45, 2.75) is 32.2 Å². The molecule has 2 aliphatic heterocycles. The van der Waals surface area contributed by atoms with Crippen molar-refractivity contribution >= 4 is 28.3 Å². The number of hydrogen-bond donors (Lipinski definition) is 2. The number of hydrogen-bond acceptors (Lipinski definition) is 6. The van der Waals surface area contributed by atoms with Crippen molar-refractivity contribution in [3.63, 3.8) is 0 Å². The summed E-state index contributed by atoms with van der Waals surface area (Å²) in [6.07, 6.45) is 5.09. The van der Waals surface area contributed by atoms with E-state index in [1.165, 1.54) is 0 Å². The molecule has 1 saturated carbocycles. The predicted molar refractivity (Wildman–Crippen MR) is 128 cm³/mol. The van der Waals surface area contributed by atoms with E-state index in [0.717, 1.165) is 18.4 Å². The van der Waals surface area contributed by atoms with Gasteiger partial charge in [0.2, 0.25) is 0 Å². The first-order valence-corrected chi connectivity index (χ1v) is 11.7. The van der Waals surface area contributed by atoms with Crippen molar-refractivity contribution in [2.75, 3.05) is 20.2 Å². The first-order chi connectivity index (χ1) is 16.8. The molecule has 1 aliphatic carbocycles. The van der Waals surface area contributed by atoms with Crippen LogP contribution in [0.2, 0.25) is 0 Å². The maximum absolute atomic E-state index is 13.5. The van der Waals surface area contributed by atoms with E-state index in [1.807, 2.05) is 11.8 Å². The van der Waals surface area contributed by atoms with Crippen molar-refractivity contribution in [3.05, 3.63) is 59.1 Å². The zero-order chi connectivity index (χ0) is 24.5. The number of benzene rings is 1. The van der Waals surface area contributed by atoms with Crippen molar-refractivity contribution in [3.8, 4) is 11.5 Å². The lowest BCUT2D eigenvalue weighted by Crippen LogP contribution is -2.51. The SMILES string of the molecule is CNC(=O)c1c(C)oc2cc(Oc3ccnn4cc(C(=O)N5CC6CC5(CO)C6)c(C)c34)ccc12. The van der Waals surface area contributed by atoms with Gasteiger partial charge in [-0.15, -0.1) is 0 Å². The Morgan fingerprint density at radius 3 is 2.83 bits per heavy atom. The van der Waals surface area contributed by atoms with Crippen LogP contribution in [0.25, 0.3) is 16.5 Å². The maximum atomic E-state index is 13.5. The number of aliphatic hydroxyl groups is 1. The number of aliphatic hydroxyl groups excluding tert-OH is 1. The van der Waals surface area contributed by atoms with Crippen LogP contribution in [0, 0.1) is 19.8 Å².